The lowest BCUT2D eigenvalue weighted by molar-refractivity contribution is -0.122. The number of rotatable bonds is 11. The highest BCUT2D eigenvalue weighted by Crippen LogP contribution is 2.05. The largest absolute Gasteiger partial charge is 0.273 e. The highest BCUT2D eigenvalue weighted by molar-refractivity contribution is 5.82. The van der Waals surface area contributed by atoms with Gasteiger partial charge < -0.3 is 0 Å². The molecule has 8 nitrogen and oxygen atoms in total. The van der Waals surface area contributed by atoms with Crippen molar-refractivity contribution in [3.05, 3.63) is 60.2 Å². The summed E-state index contributed by atoms with van der Waals surface area (Å²) in [7, 11) is 0. The number of aromatic nitrogens is 2. The first kappa shape index (κ1) is 20.9. The SMILES string of the molecule is O=C(CCCCCCC(=O)NN=Cc1cccnc1)NN=Cc1cccnc1. The summed E-state index contributed by atoms with van der Waals surface area (Å²) in [6.45, 7) is 0. The minimum atomic E-state index is -0.123. The van der Waals surface area contributed by atoms with E-state index in [1.165, 1.54) is 0 Å². The lowest BCUT2D eigenvalue weighted by Crippen LogP contribution is -2.17. The molecule has 2 amide bonds. The molecule has 2 aromatic rings. The maximum Gasteiger partial charge on any atom is 0.240 e. The second-order valence-electron chi connectivity index (χ2n) is 6.07. The molecule has 2 rings (SSSR count). The van der Waals surface area contributed by atoms with Crippen LogP contribution in [0.1, 0.15) is 49.7 Å². The van der Waals surface area contributed by atoms with Gasteiger partial charge in [-0.3, -0.25) is 19.6 Å². The lowest BCUT2D eigenvalue weighted by Gasteiger charge is -2.02. The number of carbonyl (C=O) groups excluding carboxylic acids is 2. The molecule has 2 N–H and O–H groups in total. The van der Waals surface area contributed by atoms with Gasteiger partial charge >= 0.3 is 0 Å². The van der Waals surface area contributed by atoms with E-state index < -0.39 is 0 Å². The molecular weight excluding hydrogens is 356 g/mol. The van der Waals surface area contributed by atoms with Crippen molar-refractivity contribution in [2.75, 3.05) is 0 Å². The summed E-state index contributed by atoms with van der Waals surface area (Å²) in [5.74, 6) is -0.245. The number of hydrogen-bond donors (Lipinski definition) is 2. The first-order valence-electron chi connectivity index (χ1n) is 9.18. The first-order chi connectivity index (χ1) is 13.7. The Kier molecular flexibility index (Phi) is 9.59. The van der Waals surface area contributed by atoms with E-state index >= 15 is 0 Å². The molecule has 8 heteroatoms. The van der Waals surface area contributed by atoms with Crippen LogP contribution in [0.25, 0.3) is 0 Å². The molecule has 0 spiro atoms. The molecule has 0 atom stereocenters. The minimum absolute atomic E-state index is 0.123. The Morgan fingerprint density at radius 2 is 1.25 bits per heavy atom. The third kappa shape index (κ3) is 9.33. The average Bonchev–Trinajstić information content (AvgIpc) is 2.72. The standard InChI is InChI=1S/C20H24N6O2/c27-19(25-23-15-17-7-5-11-21-13-17)9-3-1-2-4-10-20(28)26-24-16-18-8-6-12-22-14-18/h5-8,11-16H,1-4,9-10H2,(H,25,27)(H,26,28). The van der Waals surface area contributed by atoms with Crippen molar-refractivity contribution in [3.63, 3.8) is 0 Å². The first-order valence-corrected chi connectivity index (χ1v) is 9.18. The van der Waals surface area contributed by atoms with Crippen molar-refractivity contribution in [3.8, 4) is 0 Å². The highest BCUT2D eigenvalue weighted by atomic mass is 16.2. The maximum atomic E-state index is 11.7. The molecule has 0 bridgehead atoms. The van der Waals surface area contributed by atoms with E-state index in [0.717, 1.165) is 36.8 Å². The maximum absolute atomic E-state index is 11.7. The number of nitrogens with zero attached hydrogens (tertiary/aromatic N) is 4. The third-order valence-corrected chi connectivity index (χ3v) is 3.73. The fourth-order valence-electron chi connectivity index (χ4n) is 2.30. The zero-order valence-corrected chi connectivity index (χ0v) is 15.6. The van der Waals surface area contributed by atoms with E-state index in [0.29, 0.717) is 12.8 Å². The van der Waals surface area contributed by atoms with Crippen LogP contribution in [0.4, 0.5) is 0 Å². The molecule has 0 aliphatic heterocycles. The van der Waals surface area contributed by atoms with Gasteiger partial charge in [-0.2, -0.15) is 10.2 Å². The van der Waals surface area contributed by atoms with Gasteiger partial charge in [0.05, 0.1) is 12.4 Å². The number of nitrogens with one attached hydrogen (secondary N) is 2. The predicted molar refractivity (Wildman–Crippen MR) is 108 cm³/mol. The third-order valence-electron chi connectivity index (χ3n) is 3.73. The topological polar surface area (TPSA) is 109 Å². The van der Waals surface area contributed by atoms with Gasteiger partial charge in [0.15, 0.2) is 0 Å². The summed E-state index contributed by atoms with van der Waals surface area (Å²) in [5.41, 5.74) is 6.64. The minimum Gasteiger partial charge on any atom is -0.273 e. The van der Waals surface area contributed by atoms with Crippen LogP contribution in [0.2, 0.25) is 0 Å². The molecule has 2 heterocycles. The highest BCUT2D eigenvalue weighted by Gasteiger charge is 2.02. The normalized spacial score (nSPS) is 11.0. The number of unbranched alkanes of at least 4 members (excludes halogenated alkanes) is 3. The number of hydrogen-bond acceptors (Lipinski definition) is 6. The Balaban J connectivity index is 1.47. The number of amides is 2. The molecule has 0 saturated heterocycles. The van der Waals surface area contributed by atoms with Crippen LogP contribution in [0.5, 0.6) is 0 Å². The quantitative estimate of drug-likeness (QED) is 0.354. The van der Waals surface area contributed by atoms with Crippen molar-refractivity contribution < 1.29 is 9.59 Å². The lowest BCUT2D eigenvalue weighted by atomic mass is 10.1. The summed E-state index contributed by atoms with van der Waals surface area (Å²) in [4.78, 5) is 31.3. The van der Waals surface area contributed by atoms with Crippen molar-refractivity contribution >= 4 is 24.2 Å². The van der Waals surface area contributed by atoms with E-state index in [1.54, 1.807) is 49.3 Å². The number of carbonyl (C=O) groups is 2. The van der Waals surface area contributed by atoms with Crippen LogP contribution in [-0.2, 0) is 9.59 Å². The molecule has 2 aromatic heterocycles. The van der Waals surface area contributed by atoms with Gasteiger partial charge in [0.2, 0.25) is 11.8 Å². The van der Waals surface area contributed by atoms with Gasteiger partial charge in [-0.1, -0.05) is 25.0 Å². The number of hydrazone groups is 2. The molecule has 0 aromatic carbocycles. The van der Waals surface area contributed by atoms with E-state index in [9.17, 15) is 9.59 Å². The van der Waals surface area contributed by atoms with E-state index in [1.807, 2.05) is 12.1 Å². The van der Waals surface area contributed by atoms with Gasteiger partial charge in [0.1, 0.15) is 0 Å². The van der Waals surface area contributed by atoms with Gasteiger partial charge in [-0.15, -0.1) is 0 Å². The van der Waals surface area contributed by atoms with Crippen LogP contribution >= 0.6 is 0 Å². The van der Waals surface area contributed by atoms with Crippen molar-refractivity contribution in [1.29, 1.82) is 0 Å². The smallest absolute Gasteiger partial charge is 0.240 e. The Bertz CT molecular complexity index is 710. The molecular formula is C20H24N6O2. The number of pyridine rings is 2. The Labute approximate surface area is 164 Å². The second kappa shape index (κ2) is 12.9. The van der Waals surface area contributed by atoms with Crippen LogP contribution in [-0.4, -0.2) is 34.2 Å². The van der Waals surface area contributed by atoms with Crippen molar-refractivity contribution in [1.82, 2.24) is 20.8 Å². The van der Waals surface area contributed by atoms with E-state index in [2.05, 4.69) is 31.0 Å². The molecule has 0 aliphatic carbocycles. The fourth-order valence-corrected chi connectivity index (χ4v) is 2.30. The van der Waals surface area contributed by atoms with Gasteiger partial charge in [-0.05, 0) is 25.0 Å². The molecule has 28 heavy (non-hydrogen) atoms. The van der Waals surface area contributed by atoms with E-state index in [4.69, 9.17) is 0 Å². The molecule has 0 aliphatic rings. The Hall–Kier alpha value is -3.42. The molecule has 0 unspecified atom stereocenters. The summed E-state index contributed by atoms with van der Waals surface area (Å²) in [5, 5.41) is 7.79. The summed E-state index contributed by atoms with van der Waals surface area (Å²) < 4.78 is 0. The van der Waals surface area contributed by atoms with E-state index in [-0.39, 0.29) is 11.8 Å². The Morgan fingerprint density at radius 3 is 1.64 bits per heavy atom. The summed E-state index contributed by atoms with van der Waals surface area (Å²) in [6.07, 6.45) is 13.9. The molecule has 146 valence electrons. The van der Waals surface area contributed by atoms with Crippen LogP contribution in [0.15, 0.2) is 59.3 Å². The molecule has 0 fully saturated rings. The van der Waals surface area contributed by atoms with Gasteiger partial charge in [-0.25, -0.2) is 10.9 Å². The van der Waals surface area contributed by atoms with Crippen LogP contribution < -0.4 is 10.9 Å². The zero-order chi connectivity index (χ0) is 19.9. The van der Waals surface area contributed by atoms with Crippen molar-refractivity contribution in [2.45, 2.75) is 38.5 Å². The monoisotopic (exact) mass is 380 g/mol. The van der Waals surface area contributed by atoms with Gasteiger partial charge in [0, 0.05) is 48.8 Å². The summed E-state index contributed by atoms with van der Waals surface area (Å²) in [6, 6.07) is 7.30. The van der Waals surface area contributed by atoms with Gasteiger partial charge in [0.25, 0.3) is 0 Å². The van der Waals surface area contributed by atoms with Crippen LogP contribution in [0, 0.1) is 0 Å². The molecule has 0 saturated carbocycles. The average molecular weight is 380 g/mol. The Morgan fingerprint density at radius 1 is 0.786 bits per heavy atom. The fraction of sp³-hybridized carbons (Fsp3) is 0.300. The molecule has 0 radical (unpaired) electrons. The van der Waals surface area contributed by atoms with Crippen LogP contribution in [0.3, 0.4) is 0 Å². The predicted octanol–water partition coefficient (Wildman–Crippen LogP) is 2.42. The summed E-state index contributed by atoms with van der Waals surface area (Å²) >= 11 is 0. The van der Waals surface area contributed by atoms with Crippen molar-refractivity contribution in [2.24, 2.45) is 10.2 Å². The zero-order valence-electron chi connectivity index (χ0n) is 15.6. The second-order valence-corrected chi connectivity index (χ2v) is 6.07.